The maximum Gasteiger partial charge on any atom is 0.326 e. The van der Waals surface area contributed by atoms with E-state index in [0.29, 0.717) is 12.8 Å². The lowest BCUT2D eigenvalue weighted by Gasteiger charge is -2.30. The number of rotatable bonds is 13. The number of carboxylic acid groups (broad SMARTS) is 3. The molecule has 5 atom stereocenters. The van der Waals surface area contributed by atoms with Crippen molar-refractivity contribution in [1.82, 2.24) is 15.5 Å². The summed E-state index contributed by atoms with van der Waals surface area (Å²) in [5, 5.41) is 31.6. The van der Waals surface area contributed by atoms with Crippen LogP contribution in [-0.2, 0) is 28.8 Å². The molecular weight excluding hydrogens is 440 g/mol. The highest BCUT2D eigenvalue weighted by atomic mass is 16.4. The molecule has 0 spiro atoms. The van der Waals surface area contributed by atoms with Gasteiger partial charge >= 0.3 is 17.9 Å². The zero-order chi connectivity index (χ0) is 25.3. The van der Waals surface area contributed by atoms with Crippen molar-refractivity contribution in [1.29, 1.82) is 0 Å². The van der Waals surface area contributed by atoms with E-state index in [1.807, 2.05) is 6.92 Å². The summed E-state index contributed by atoms with van der Waals surface area (Å²) >= 11 is 0. The van der Waals surface area contributed by atoms with Crippen LogP contribution in [0.25, 0.3) is 0 Å². The van der Waals surface area contributed by atoms with Crippen LogP contribution in [0.5, 0.6) is 0 Å². The number of nitrogens with zero attached hydrogens (tertiary/aromatic N) is 1. The van der Waals surface area contributed by atoms with Crippen LogP contribution in [0.3, 0.4) is 0 Å². The van der Waals surface area contributed by atoms with Crippen molar-refractivity contribution < 1.29 is 44.1 Å². The molecule has 0 saturated carbocycles. The van der Waals surface area contributed by atoms with Crippen LogP contribution in [0.2, 0.25) is 0 Å². The standard InChI is InChI=1S/C20H32N4O9/c1-3-10(2)16(21)18(30)22-11(6-7-14(25)26)19(31)24-8-4-5-13(24)17(29)23-12(20(32)33)9-15(27)28/h10-13,16H,3-9,21H2,1-2H3,(H,22,30)(H,23,29)(H,25,26)(H,27,28)(H,32,33)/t10-,11-,12-,13-,16-/m0/s1. The van der Waals surface area contributed by atoms with Gasteiger partial charge in [0, 0.05) is 13.0 Å². The number of hydrogen-bond acceptors (Lipinski definition) is 7. The zero-order valence-corrected chi connectivity index (χ0v) is 18.7. The summed E-state index contributed by atoms with van der Waals surface area (Å²) in [5.74, 6) is -6.48. The van der Waals surface area contributed by atoms with Gasteiger partial charge in [-0.15, -0.1) is 0 Å². The molecule has 3 amide bonds. The molecule has 0 unspecified atom stereocenters. The van der Waals surface area contributed by atoms with Gasteiger partial charge < -0.3 is 36.6 Å². The summed E-state index contributed by atoms with van der Waals surface area (Å²) in [6, 6.07) is -4.92. The molecule has 13 heteroatoms. The predicted molar refractivity (Wildman–Crippen MR) is 113 cm³/mol. The van der Waals surface area contributed by atoms with Gasteiger partial charge in [-0.05, 0) is 25.2 Å². The summed E-state index contributed by atoms with van der Waals surface area (Å²) in [6.45, 7) is 3.73. The highest BCUT2D eigenvalue weighted by Crippen LogP contribution is 2.20. The fourth-order valence-corrected chi connectivity index (χ4v) is 3.45. The normalized spacial score (nSPS) is 19.1. The second kappa shape index (κ2) is 12.7. The quantitative estimate of drug-likeness (QED) is 0.187. The molecule has 186 valence electrons. The Morgan fingerprint density at radius 3 is 2.18 bits per heavy atom. The molecule has 33 heavy (non-hydrogen) atoms. The Morgan fingerprint density at radius 2 is 1.67 bits per heavy atom. The molecule has 7 N–H and O–H groups in total. The zero-order valence-electron chi connectivity index (χ0n) is 18.7. The van der Waals surface area contributed by atoms with Gasteiger partial charge in [0.15, 0.2) is 0 Å². The van der Waals surface area contributed by atoms with Crippen LogP contribution in [0.15, 0.2) is 0 Å². The molecule has 0 aromatic carbocycles. The van der Waals surface area contributed by atoms with Crippen LogP contribution < -0.4 is 16.4 Å². The lowest BCUT2D eigenvalue weighted by molar-refractivity contribution is -0.148. The van der Waals surface area contributed by atoms with Crippen molar-refractivity contribution in [2.75, 3.05) is 6.54 Å². The van der Waals surface area contributed by atoms with Crippen LogP contribution in [-0.4, -0.2) is 86.6 Å². The smallest absolute Gasteiger partial charge is 0.326 e. The third-order valence-corrected chi connectivity index (χ3v) is 5.65. The van der Waals surface area contributed by atoms with Crippen molar-refractivity contribution >= 4 is 35.6 Å². The van der Waals surface area contributed by atoms with E-state index in [9.17, 15) is 28.8 Å². The van der Waals surface area contributed by atoms with Crippen molar-refractivity contribution in [2.24, 2.45) is 11.7 Å². The van der Waals surface area contributed by atoms with Gasteiger partial charge in [0.25, 0.3) is 0 Å². The topological polar surface area (TPSA) is 216 Å². The minimum Gasteiger partial charge on any atom is -0.481 e. The van der Waals surface area contributed by atoms with Gasteiger partial charge in [-0.3, -0.25) is 24.0 Å². The molecule has 1 saturated heterocycles. The first-order valence-corrected chi connectivity index (χ1v) is 10.7. The van der Waals surface area contributed by atoms with Gasteiger partial charge in [-0.25, -0.2) is 4.79 Å². The summed E-state index contributed by atoms with van der Waals surface area (Å²) in [4.78, 5) is 72.6. The highest BCUT2D eigenvalue weighted by molar-refractivity contribution is 5.95. The molecule has 1 heterocycles. The van der Waals surface area contributed by atoms with E-state index in [2.05, 4.69) is 10.6 Å². The van der Waals surface area contributed by atoms with E-state index in [-0.39, 0.29) is 25.3 Å². The van der Waals surface area contributed by atoms with Crippen molar-refractivity contribution in [2.45, 2.75) is 76.5 Å². The lowest BCUT2D eigenvalue weighted by Crippen LogP contribution is -2.57. The largest absolute Gasteiger partial charge is 0.481 e. The van der Waals surface area contributed by atoms with E-state index in [4.69, 9.17) is 21.1 Å². The number of likely N-dealkylation sites (tertiary alicyclic amines) is 1. The molecule has 1 fully saturated rings. The second-order valence-corrected chi connectivity index (χ2v) is 8.09. The fraction of sp³-hybridized carbons (Fsp3) is 0.700. The number of carboxylic acids is 3. The maximum absolute atomic E-state index is 13.2. The molecule has 0 bridgehead atoms. The average Bonchev–Trinajstić information content (AvgIpc) is 3.23. The number of aliphatic carboxylic acids is 3. The Labute approximate surface area is 190 Å². The maximum atomic E-state index is 13.2. The van der Waals surface area contributed by atoms with Gasteiger partial charge in [0.2, 0.25) is 17.7 Å². The summed E-state index contributed by atoms with van der Waals surface area (Å²) in [7, 11) is 0. The van der Waals surface area contributed by atoms with Gasteiger partial charge in [0.1, 0.15) is 18.1 Å². The number of nitrogens with one attached hydrogen (secondary N) is 2. The summed E-state index contributed by atoms with van der Waals surface area (Å²) in [6.07, 6.45) is -0.270. The highest BCUT2D eigenvalue weighted by Gasteiger charge is 2.39. The molecule has 1 rings (SSSR count). The first-order chi connectivity index (χ1) is 15.4. The van der Waals surface area contributed by atoms with Crippen molar-refractivity contribution in [3.05, 3.63) is 0 Å². The Kier molecular flexibility index (Phi) is 10.7. The van der Waals surface area contributed by atoms with Crippen LogP contribution >= 0.6 is 0 Å². The SMILES string of the molecule is CC[C@H](C)[C@H](N)C(=O)N[C@@H](CCC(=O)O)C(=O)N1CCC[C@H]1C(=O)N[C@@H](CC(=O)O)C(=O)O. The molecule has 1 aliphatic heterocycles. The van der Waals surface area contributed by atoms with Crippen molar-refractivity contribution in [3.8, 4) is 0 Å². The summed E-state index contributed by atoms with van der Waals surface area (Å²) in [5.41, 5.74) is 5.91. The van der Waals surface area contributed by atoms with E-state index in [1.165, 1.54) is 0 Å². The number of nitrogens with two attached hydrogens (primary N) is 1. The fourth-order valence-electron chi connectivity index (χ4n) is 3.45. The Balaban J connectivity index is 3.00. The Bertz CT molecular complexity index is 773. The molecular formula is C20H32N4O9. The second-order valence-electron chi connectivity index (χ2n) is 8.09. The number of amides is 3. The summed E-state index contributed by atoms with van der Waals surface area (Å²) < 4.78 is 0. The monoisotopic (exact) mass is 472 g/mol. The molecule has 13 nitrogen and oxygen atoms in total. The third-order valence-electron chi connectivity index (χ3n) is 5.65. The first-order valence-electron chi connectivity index (χ1n) is 10.7. The predicted octanol–water partition coefficient (Wildman–Crippen LogP) is -1.26. The van der Waals surface area contributed by atoms with Gasteiger partial charge in [-0.1, -0.05) is 20.3 Å². The van der Waals surface area contributed by atoms with Gasteiger partial charge in [0.05, 0.1) is 12.5 Å². The Morgan fingerprint density at radius 1 is 1.03 bits per heavy atom. The number of hydrogen-bond donors (Lipinski definition) is 6. The third kappa shape index (κ3) is 8.33. The molecule has 0 aliphatic carbocycles. The van der Waals surface area contributed by atoms with Gasteiger partial charge in [-0.2, -0.15) is 0 Å². The molecule has 0 aromatic rings. The minimum absolute atomic E-state index is 0.129. The average molecular weight is 472 g/mol. The molecule has 1 aliphatic rings. The first kappa shape index (κ1) is 27.8. The lowest BCUT2D eigenvalue weighted by atomic mass is 9.98. The van der Waals surface area contributed by atoms with E-state index in [0.717, 1.165) is 4.90 Å². The van der Waals surface area contributed by atoms with E-state index >= 15 is 0 Å². The number of carbonyl (C=O) groups is 6. The minimum atomic E-state index is -1.68. The van der Waals surface area contributed by atoms with E-state index in [1.54, 1.807) is 6.92 Å². The van der Waals surface area contributed by atoms with Crippen LogP contribution in [0.1, 0.15) is 52.4 Å². The molecule has 0 aromatic heterocycles. The van der Waals surface area contributed by atoms with E-state index < -0.39 is 72.6 Å². The molecule has 0 radical (unpaired) electrons. The van der Waals surface area contributed by atoms with Crippen molar-refractivity contribution in [3.63, 3.8) is 0 Å². The van der Waals surface area contributed by atoms with Crippen LogP contribution in [0.4, 0.5) is 0 Å². The van der Waals surface area contributed by atoms with Crippen LogP contribution in [0, 0.1) is 5.92 Å². The Hall–Kier alpha value is -3.22. The number of carbonyl (C=O) groups excluding carboxylic acids is 3.